The van der Waals surface area contributed by atoms with Crippen LogP contribution in [0.2, 0.25) is 0 Å². The Bertz CT molecular complexity index is 300. The van der Waals surface area contributed by atoms with E-state index in [1.807, 2.05) is 19.3 Å². The third-order valence-electron chi connectivity index (χ3n) is 2.71. The van der Waals surface area contributed by atoms with Gasteiger partial charge in [0.2, 0.25) is 0 Å². The summed E-state index contributed by atoms with van der Waals surface area (Å²) in [6, 6.07) is 0.108. The largest absolute Gasteiger partial charge is 0.382 e. The van der Waals surface area contributed by atoms with Gasteiger partial charge in [0.25, 0.3) is 0 Å². The van der Waals surface area contributed by atoms with E-state index in [0.29, 0.717) is 0 Å². The molecule has 0 bridgehead atoms. The zero-order chi connectivity index (χ0) is 12.5. The number of hydrogen-bond acceptors (Lipinski definition) is 4. The van der Waals surface area contributed by atoms with Gasteiger partial charge in [-0.05, 0) is 26.2 Å². The molecule has 98 valence electrons. The summed E-state index contributed by atoms with van der Waals surface area (Å²) in [6.07, 6.45) is 6.86. The SMILES string of the molecule is CCCn1ccnc1C(CCCOCC)NN. The fourth-order valence-corrected chi connectivity index (χ4v) is 1.88. The van der Waals surface area contributed by atoms with Crippen molar-refractivity contribution in [3.8, 4) is 0 Å². The number of hydrazine groups is 1. The normalized spacial score (nSPS) is 12.9. The van der Waals surface area contributed by atoms with E-state index in [-0.39, 0.29) is 6.04 Å². The van der Waals surface area contributed by atoms with E-state index in [2.05, 4.69) is 21.9 Å². The van der Waals surface area contributed by atoms with Gasteiger partial charge in [-0.25, -0.2) is 10.4 Å². The molecule has 0 saturated heterocycles. The number of nitrogens with two attached hydrogens (primary N) is 1. The topological polar surface area (TPSA) is 65.1 Å². The number of nitrogens with one attached hydrogen (secondary N) is 1. The van der Waals surface area contributed by atoms with Crippen LogP contribution in [-0.4, -0.2) is 22.8 Å². The molecule has 1 rings (SSSR count). The van der Waals surface area contributed by atoms with E-state index in [1.54, 1.807) is 0 Å². The first-order valence-corrected chi connectivity index (χ1v) is 6.38. The molecule has 1 unspecified atom stereocenters. The lowest BCUT2D eigenvalue weighted by molar-refractivity contribution is 0.140. The molecular weight excluding hydrogens is 216 g/mol. The van der Waals surface area contributed by atoms with Crippen LogP contribution in [0.1, 0.15) is 45.0 Å². The number of aromatic nitrogens is 2. The molecule has 17 heavy (non-hydrogen) atoms. The van der Waals surface area contributed by atoms with Gasteiger partial charge in [-0.15, -0.1) is 0 Å². The molecule has 0 saturated carbocycles. The Hall–Kier alpha value is -0.910. The van der Waals surface area contributed by atoms with Crippen molar-refractivity contribution in [1.82, 2.24) is 15.0 Å². The lowest BCUT2D eigenvalue weighted by Gasteiger charge is -2.17. The van der Waals surface area contributed by atoms with Gasteiger partial charge in [-0.3, -0.25) is 5.84 Å². The minimum atomic E-state index is 0.108. The molecule has 1 aromatic heterocycles. The highest BCUT2D eigenvalue weighted by atomic mass is 16.5. The Balaban J connectivity index is 2.50. The molecular formula is C12H24N4O. The van der Waals surface area contributed by atoms with Crippen molar-refractivity contribution in [2.75, 3.05) is 13.2 Å². The molecule has 0 aliphatic rings. The van der Waals surface area contributed by atoms with Gasteiger partial charge in [0, 0.05) is 32.2 Å². The molecule has 3 N–H and O–H groups in total. The molecule has 0 radical (unpaired) electrons. The summed E-state index contributed by atoms with van der Waals surface area (Å²) < 4.78 is 7.49. The van der Waals surface area contributed by atoms with Crippen LogP contribution in [0.15, 0.2) is 12.4 Å². The van der Waals surface area contributed by atoms with Gasteiger partial charge in [0.15, 0.2) is 0 Å². The van der Waals surface area contributed by atoms with E-state index >= 15 is 0 Å². The summed E-state index contributed by atoms with van der Waals surface area (Å²) in [5.74, 6) is 6.62. The average Bonchev–Trinajstić information content (AvgIpc) is 2.78. The molecule has 0 aromatic carbocycles. The number of nitrogens with zero attached hydrogens (tertiary/aromatic N) is 2. The smallest absolute Gasteiger partial charge is 0.127 e. The Morgan fingerprint density at radius 2 is 2.35 bits per heavy atom. The van der Waals surface area contributed by atoms with Crippen molar-refractivity contribution in [3.63, 3.8) is 0 Å². The third kappa shape index (κ3) is 4.46. The lowest BCUT2D eigenvalue weighted by atomic mass is 10.1. The summed E-state index contributed by atoms with van der Waals surface area (Å²) >= 11 is 0. The number of aryl methyl sites for hydroxylation is 1. The highest BCUT2D eigenvalue weighted by molar-refractivity contribution is 4.99. The maximum absolute atomic E-state index is 5.60. The van der Waals surface area contributed by atoms with E-state index < -0.39 is 0 Å². The van der Waals surface area contributed by atoms with Gasteiger partial charge in [0.05, 0.1) is 6.04 Å². The van der Waals surface area contributed by atoms with Crippen LogP contribution in [0.5, 0.6) is 0 Å². The van der Waals surface area contributed by atoms with Crippen LogP contribution >= 0.6 is 0 Å². The first kappa shape index (κ1) is 14.2. The maximum Gasteiger partial charge on any atom is 0.127 e. The minimum absolute atomic E-state index is 0.108. The first-order valence-electron chi connectivity index (χ1n) is 6.38. The summed E-state index contributed by atoms with van der Waals surface area (Å²) in [5.41, 5.74) is 2.84. The predicted molar refractivity (Wildman–Crippen MR) is 68.3 cm³/mol. The van der Waals surface area contributed by atoms with Gasteiger partial charge in [-0.2, -0.15) is 0 Å². The van der Waals surface area contributed by atoms with E-state index in [0.717, 1.165) is 44.8 Å². The summed E-state index contributed by atoms with van der Waals surface area (Å²) in [7, 11) is 0. The van der Waals surface area contributed by atoms with Crippen molar-refractivity contribution in [2.24, 2.45) is 5.84 Å². The summed E-state index contributed by atoms with van der Waals surface area (Å²) in [4.78, 5) is 4.38. The predicted octanol–water partition coefficient (Wildman–Crippen LogP) is 1.61. The molecule has 0 amide bonds. The van der Waals surface area contributed by atoms with E-state index in [9.17, 15) is 0 Å². The minimum Gasteiger partial charge on any atom is -0.382 e. The zero-order valence-electron chi connectivity index (χ0n) is 10.9. The van der Waals surface area contributed by atoms with E-state index in [4.69, 9.17) is 10.6 Å². The van der Waals surface area contributed by atoms with Crippen molar-refractivity contribution in [2.45, 2.75) is 45.7 Å². The van der Waals surface area contributed by atoms with Crippen LogP contribution in [0.3, 0.4) is 0 Å². The standard InChI is InChI=1S/C12H24N4O/c1-3-8-16-9-7-14-12(16)11(15-13)6-5-10-17-4-2/h7,9,11,15H,3-6,8,10,13H2,1-2H3. The van der Waals surface area contributed by atoms with Crippen molar-refractivity contribution < 1.29 is 4.74 Å². The second kappa shape index (κ2) is 8.22. The van der Waals surface area contributed by atoms with Crippen molar-refractivity contribution in [1.29, 1.82) is 0 Å². The highest BCUT2D eigenvalue weighted by Gasteiger charge is 2.14. The molecule has 5 nitrogen and oxygen atoms in total. The molecule has 0 aliphatic carbocycles. The Labute approximate surface area is 103 Å². The second-order valence-electron chi connectivity index (χ2n) is 4.04. The fraction of sp³-hybridized carbons (Fsp3) is 0.750. The average molecular weight is 240 g/mol. The third-order valence-corrected chi connectivity index (χ3v) is 2.71. The number of rotatable bonds is 9. The number of imidazole rings is 1. The molecule has 0 aliphatic heterocycles. The highest BCUT2D eigenvalue weighted by Crippen LogP contribution is 2.16. The fourth-order valence-electron chi connectivity index (χ4n) is 1.88. The molecule has 0 fully saturated rings. The molecule has 5 heteroatoms. The summed E-state index contributed by atoms with van der Waals surface area (Å²) in [6.45, 7) is 6.70. The first-order chi connectivity index (χ1) is 8.33. The van der Waals surface area contributed by atoms with Crippen LogP contribution in [0.4, 0.5) is 0 Å². The molecule has 0 spiro atoms. The van der Waals surface area contributed by atoms with Gasteiger partial charge >= 0.3 is 0 Å². The molecule has 1 heterocycles. The van der Waals surface area contributed by atoms with E-state index in [1.165, 1.54) is 0 Å². The van der Waals surface area contributed by atoms with Crippen LogP contribution in [0, 0.1) is 0 Å². The Morgan fingerprint density at radius 3 is 3.00 bits per heavy atom. The van der Waals surface area contributed by atoms with Crippen LogP contribution < -0.4 is 11.3 Å². The van der Waals surface area contributed by atoms with Gasteiger partial charge in [-0.1, -0.05) is 6.92 Å². The number of hydrogen-bond donors (Lipinski definition) is 2. The van der Waals surface area contributed by atoms with Crippen molar-refractivity contribution in [3.05, 3.63) is 18.2 Å². The molecule has 1 aromatic rings. The van der Waals surface area contributed by atoms with Crippen LogP contribution in [0.25, 0.3) is 0 Å². The zero-order valence-corrected chi connectivity index (χ0v) is 10.9. The van der Waals surface area contributed by atoms with Gasteiger partial charge in [0.1, 0.15) is 5.82 Å². The quantitative estimate of drug-likeness (QED) is 0.391. The van der Waals surface area contributed by atoms with Gasteiger partial charge < -0.3 is 9.30 Å². The maximum atomic E-state index is 5.60. The monoisotopic (exact) mass is 240 g/mol. The Kier molecular flexibility index (Phi) is 6.84. The van der Waals surface area contributed by atoms with Crippen LogP contribution in [-0.2, 0) is 11.3 Å². The molecule has 1 atom stereocenters. The Morgan fingerprint density at radius 1 is 1.53 bits per heavy atom. The summed E-state index contributed by atoms with van der Waals surface area (Å²) in [5, 5.41) is 0. The second-order valence-corrected chi connectivity index (χ2v) is 4.04. The van der Waals surface area contributed by atoms with Crippen molar-refractivity contribution >= 4 is 0 Å². The lowest BCUT2D eigenvalue weighted by Crippen LogP contribution is -2.30. The number of ether oxygens (including phenoxy) is 1.